The first-order chi connectivity index (χ1) is 10.3. The van der Waals surface area contributed by atoms with Crippen molar-refractivity contribution >= 4 is 22.9 Å². The van der Waals surface area contributed by atoms with Crippen LogP contribution in [0.2, 0.25) is 0 Å². The number of anilines is 1. The number of carbonyl (C=O) groups excluding carboxylic acids is 1. The molecule has 0 saturated carbocycles. The van der Waals surface area contributed by atoms with Gasteiger partial charge in [-0.2, -0.15) is 0 Å². The van der Waals surface area contributed by atoms with Crippen molar-refractivity contribution in [2.24, 2.45) is 5.92 Å². The molecule has 6 nitrogen and oxygen atoms in total. The van der Waals surface area contributed by atoms with Gasteiger partial charge in [-0.25, -0.2) is 9.97 Å². The molecule has 0 radical (unpaired) electrons. The highest BCUT2D eigenvalue weighted by atomic mass is 16.2. The van der Waals surface area contributed by atoms with E-state index < -0.39 is 0 Å². The summed E-state index contributed by atoms with van der Waals surface area (Å²) in [6, 6.07) is 7.72. The topological polar surface area (TPSA) is 75.6 Å². The first-order valence-electron chi connectivity index (χ1n) is 7.05. The minimum absolute atomic E-state index is 0.00306. The molecule has 3 heterocycles. The van der Waals surface area contributed by atoms with E-state index in [1.165, 1.54) is 0 Å². The van der Waals surface area contributed by atoms with Crippen LogP contribution < -0.4 is 5.32 Å². The van der Waals surface area contributed by atoms with E-state index in [4.69, 9.17) is 0 Å². The number of amides is 1. The van der Waals surface area contributed by atoms with Crippen LogP contribution >= 0.6 is 0 Å². The maximum atomic E-state index is 12.4. The summed E-state index contributed by atoms with van der Waals surface area (Å²) in [6.07, 6.45) is 5.26. The number of aromatic amines is 1. The van der Waals surface area contributed by atoms with Crippen molar-refractivity contribution in [3.05, 3.63) is 42.5 Å². The van der Waals surface area contributed by atoms with Crippen molar-refractivity contribution in [3.8, 4) is 0 Å². The molecule has 0 saturated heterocycles. The minimum atomic E-state index is -0.0480. The molecule has 2 aromatic heterocycles. The lowest BCUT2D eigenvalue weighted by Crippen LogP contribution is -2.30. The highest BCUT2D eigenvalue weighted by Crippen LogP contribution is 2.21. The molecular formula is C15H15N5O. The predicted octanol–water partition coefficient (Wildman–Crippen LogP) is 1.96. The van der Waals surface area contributed by atoms with Crippen molar-refractivity contribution in [2.45, 2.75) is 19.4 Å². The number of carbonyl (C=O) groups is 1. The summed E-state index contributed by atoms with van der Waals surface area (Å²) in [5.74, 6) is 1.44. The van der Waals surface area contributed by atoms with Crippen LogP contribution in [0.4, 0.5) is 5.95 Å². The van der Waals surface area contributed by atoms with Crippen LogP contribution in [0, 0.1) is 5.92 Å². The van der Waals surface area contributed by atoms with Gasteiger partial charge in [0.15, 0.2) is 0 Å². The number of imidazole rings is 2. The molecule has 0 fully saturated rings. The molecule has 1 aromatic carbocycles. The van der Waals surface area contributed by atoms with Gasteiger partial charge in [0.2, 0.25) is 11.9 Å². The molecule has 0 bridgehead atoms. The fourth-order valence-electron chi connectivity index (χ4n) is 2.81. The first kappa shape index (κ1) is 12.1. The number of hydrogen-bond acceptors (Lipinski definition) is 3. The highest BCUT2D eigenvalue weighted by molar-refractivity contribution is 5.92. The third kappa shape index (κ3) is 2.18. The molecule has 0 aliphatic carbocycles. The van der Waals surface area contributed by atoms with Gasteiger partial charge in [0, 0.05) is 31.3 Å². The lowest BCUT2D eigenvalue weighted by molar-refractivity contribution is -0.120. The number of nitrogens with zero attached hydrogens (tertiary/aromatic N) is 3. The number of benzene rings is 1. The van der Waals surface area contributed by atoms with Gasteiger partial charge in [0.1, 0.15) is 5.82 Å². The monoisotopic (exact) mass is 281 g/mol. The second kappa shape index (κ2) is 4.73. The summed E-state index contributed by atoms with van der Waals surface area (Å²) in [7, 11) is 0. The Labute approximate surface area is 121 Å². The minimum Gasteiger partial charge on any atom is -0.335 e. The standard InChI is InChI=1S/C15H15N5O/c21-14(10-5-7-20-8-6-16-13(20)9-10)19-15-17-11-3-1-2-4-12(11)18-15/h1-4,6,8,10H,5,7,9H2,(H2,17,18,19,21). The summed E-state index contributed by atoms with van der Waals surface area (Å²) >= 11 is 0. The Morgan fingerprint density at radius 2 is 2.29 bits per heavy atom. The summed E-state index contributed by atoms with van der Waals surface area (Å²) in [5, 5.41) is 2.88. The molecule has 1 aliphatic rings. The smallest absolute Gasteiger partial charge is 0.230 e. The fraction of sp³-hybridized carbons (Fsp3) is 0.267. The molecule has 21 heavy (non-hydrogen) atoms. The van der Waals surface area contributed by atoms with E-state index in [2.05, 4.69) is 24.8 Å². The molecule has 1 aliphatic heterocycles. The molecule has 1 unspecified atom stereocenters. The zero-order valence-electron chi connectivity index (χ0n) is 11.4. The molecule has 2 N–H and O–H groups in total. The predicted molar refractivity (Wildman–Crippen MR) is 78.8 cm³/mol. The third-order valence-corrected chi connectivity index (χ3v) is 3.95. The van der Waals surface area contributed by atoms with Crippen molar-refractivity contribution in [2.75, 3.05) is 5.32 Å². The number of aromatic nitrogens is 4. The lowest BCUT2D eigenvalue weighted by Gasteiger charge is -2.21. The Balaban J connectivity index is 1.51. The van der Waals surface area contributed by atoms with Crippen molar-refractivity contribution < 1.29 is 4.79 Å². The first-order valence-corrected chi connectivity index (χ1v) is 7.05. The van der Waals surface area contributed by atoms with Crippen LogP contribution in [0.1, 0.15) is 12.2 Å². The molecule has 106 valence electrons. The molecular weight excluding hydrogens is 266 g/mol. The van der Waals surface area contributed by atoms with E-state index in [9.17, 15) is 4.79 Å². The third-order valence-electron chi connectivity index (χ3n) is 3.95. The SMILES string of the molecule is O=C(Nc1nc2ccccc2[nH]1)C1CCn2ccnc2C1. The number of H-pyrrole nitrogens is 1. The van der Waals surface area contributed by atoms with Gasteiger partial charge in [-0.3, -0.25) is 10.1 Å². The van der Waals surface area contributed by atoms with Crippen molar-refractivity contribution in [1.82, 2.24) is 19.5 Å². The van der Waals surface area contributed by atoms with Crippen LogP contribution in [-0.2, 0) is 17.8 Å². The number of rotatable bonds is 2. The maximum Gasteiger partial charge on any atom is 0.230 e. The van der Waals surface area contributed by atoms with Crippen LogP contribution in [0.25, 0.3) is 11.0 Å². The summed E-state index contributed by atoms with van der Waals surface area (Å²) < 4.78 is 2.10. The lowest BCUT2D eigenvalue weighted by atomic mass is 9.97. The van der Waals surface area contributed by atoms with Crippen molar-refractivity contribution in [3.63, 3.8) is 0 Å². The molecule has 4 rings (SSSR count). The average Bonchev–Trinajstić information content (AvgIpc) is 3.11. The number of para-hydroxylation sites is 2. The van der Waals surface area contributed by atoms with E-state index in [0.717, 1.165) is 29.8 Å². The Morgan fingerprint density at radius 3 is 3.19 bits per heavy atom. The molecule has 6 heteroatoms. The molecule has 3 aromatic rings. The Hall–Kier alpha value is -2.63. The largest absolute Gasteiger partial charge is 0.335 e. The average molecular weight is 281 g/mol. The zero-order chi connectivity index (χ0) is 14.2. The fourth-order valence-corrected chi connectivity index (χ4v) is 2.81. The van der Waals surface area contributed by atoms with Gasteiger partial charge in [-0.15, -0.1) is 0 Å². The van der Waals surface area contributed by atoms with E-state index >= 15 is 0 Å². The number of hydrogen-bond donors (Lipinski definition) is 2. The van der Waals surface area contributed by atoms with Crippen LogP contribution in [0.5, 0.6) is 0 Å². The van der Waals surface area contributed by atoms with Gasteiger partial charge in [0.05, 0.1) is 11.0 Å². The Kier molecular flexibility index (Phi) is 2.73. The van der Waals surface area contributed by atoms with E-state index in [1.807, 2.05) is 30.5 Å². The second-order valence-electron chi connectivity index (χ2n) is 5.32. The second-order valence-corrected chi connectivity index (χ2v) is 5.32. The maximum absolute atomic E-state index is 12.4. The number of nitrogens with one attached hydrogen (secondary N) is 2. The van der Waals surface area contributed by atoms with Gasteiger partial charge < -0.3 is 9.55 Å². The Morgan fingerprint density at radius 1 is 1.38 bits per heavy atom. The summed E-state index contributed by atoms with van der Waals surface area (Å²) in [5.41, 5.74) is 1.78. The van der Waals surface area contributed by atoms with E-state index in [-0.39, 0.29) is 11.8 Å². The van der Waals surface area contributed by atoms with Gasteiger partial charge in [-0.05, 0) is 18.6 Å². The normalized spacial score (nSPS) is 17.6. The molecule has 0 spiro atoms. The van der Waals surface area contributed by atoms with Gasteiger partial charge >= 0.3 is 0 Å². The van der Waals surface area contributed by atoms with Gasteiger partial charge in [0.25, 0.3) is 0 Å². The molecule has 1 amide bonds. The van der Waals surface area contributed by atoms with Crippen LogP contribution in [0.3, 0.4) is 0 Å². The van der Waals surface area contributed by atoms with E-state index in [0.29, 0.717) is 12.4 Å². The highest BCUT2D eigenvalue weighted by Gasteiger charge is 2.25. The quantitative estimate of drug-likeness (QED) is 0.754. The van der Waals surface area contributed by atoms with Gasteiger partial charge in [-0.1, -0.05) is 12.1 Å². The zero-order valence-corrected chi connectivity index (χ0v) is 11.4. The van der Waals surface area contributed by atoms with Crippen LogP contribution in [0.15, 0.2) is 36.7 Å². The summed E-state index contributed by atoms with van der Waals surface area (Å²) in [4.78, 5) is 24.1. The number of aryl methyl sites for hydroxylation is 1. The number of fused-ring (bicyclic) bond motifs is 2. The molecule has 1 atom stereocenters. The Bertz CT molecular complexity index is 770. The van der Waals surface area contributed by atoms with Crippen LogP contribution in [-0.4, -0.2) is 25.4 Å². The summed E-state index contributed by atoms with van der Waals surface area (Å²) in [6.45, 7) is 0.841. The van der Waals surface area contributed by atoms with Crippen molar-refractivity contribution in [1.29, 1.82) is 0 Å². The van der Waals surface area contributed by atoms with E-state index in [1.54, 1.807) is 6.20 Å².